The Hall–Kier alpha value is -1.27. The summed E-state index contributed by atoms with van der Waals surface area (Å²) in [4.78, 5) is 4.14. The van der Waals surface area contributed by atoms with Crippen LogP contribution in [0.2, 0.25) is 5.02 Å². The van der Waals surface area contributed by atoms with Crippen molar-refractivity contribution in [3.8, 4) is 6.07 Å². The lowest BCUT2D eigenvalue weighted by atomic mass is 10.3. The van der Waals surface area contributed by atoms with E-state index in [9.17, 15) is 0 Å². The molecule has 1 aliphatic rings. The largest absolute Gasteiger partial charge is 0.366 e. The molecular weight excluding hydrogens is 210 g/mol. The molecule has 0 radical (unpaired) electrons. The average molecular weight is 222 g/mol. The van der Waals surface area contributed by atoms with E-state index in [1.807, 2.05) is 6.07 Å². The van der Waals surface area contributed by atoms with Gasteiger partial charge in [0.1, 0.15) is 16.9 Å². The first kappa shape index (κ1) is 10.3. The zero-order valence-electron chi connectivity index (χ0n) is 8.50. The Bertz CT molecular complexity index is 411. The Labute approximate surface area is 94.1 Å². The maximum Gasteiger partial charge on any atom is 0.146 e. The smallest absolute Gasteiger partial charge is 0.146 e. The highest BCUT2D eigenvalue weighted by molar-refractivity contribution is 6.34. The van der Waals surface area contributed by atoms with Crippen molar-refractivity contribution in [2.24, 2.45) is 5.92 Å². The van der Waals surface area contributed by atoms with E-state index in [0.29, 0.717) is 22.4 Å². The fourth-order valence-corrected chi connectivity index (χ4v) is 1.89. The quantitative estimate of drug-likeness (QED) is 0.854. The SMILES string of the molecule is CCC1CC1Nc1nccc(C#N)c1Cl. The molecule has 3 nitrogen and oxygen atoms in total. The molecule has 1 N–H and O–H groups in total. The molecule has 2 atom stereocenters. The molecule has 78 valence electrons. The summed E-state index contributed by atoms with van der Waals surface area (Å²) in [5.41, 5.74) is 0.475. The molecule has 1 aromatic rings. The van der Waals surface area contributed by atoms with Gasteiger partial charge in [-0.15, -0.1) is 0 Å². The molecule has 0 aliphatic heterocycles. The highest BCUT2D eigenvalue weighted by Crippen LogP contribution is 2.37. The second kappa shape index (κ2) is 4.08. The maximum absolute atomic E-state index is 8.80. The van der Waals surface area contributed by atoms with E-state index >= 15 is 0 Å². The maximum atomic E-state index is 8.80. The third kappa shape index (κ3) is 2.05. The summed E-state index contributed by atoms with van der Waals surface area (Å²) in [5, 5.41) is 12.5. The van der Waals surface area contributed by atoms with E-state index in [0.717, 1.165) is 5.92 Å². The van der Waals surface area contributed by atoms with Gasteiger partial charge in [-0.2, -0.15) is 5.26 Å². The van der Waals surface area contributed by atoms with E-state index in [2.05, 4.69) is 17.2 Å². The number of nitriles is 1. The fraction of sp³-hybridized carbons (Fsp3) is 0.455. The van der Waals surface area contributed by atoms with Crippen LogP contribution in [0.25, 0.3) is 0 Å². The Balaban J connectivity index is 2.13. The van der Waals surface area contributed by atoms with Crippen LogP contribution >= 0.6 is 11.6 Å². The van der Waals surface area contributed by atoms with Crippen LogP contribution in [0.1, 0.15) is 25.3 Å². The number of anilines is 1. The molecule has 15 heavy (non-hydrogen) atoms. The lowest BCUT2D eigenvalue weighted by Crippen LogP contribution is -2.06. The van der Waals surface area contributed by atoms with Gasteiger partial charge in [-0.25, -0.2) is 4.98 Å². The van der Waals surface area contributed by atoms with Crippen molar-refractivity contribution in [2.45, 2.75) is 25.8 Å². The summed E-state index contributed by atoms with van der Waals surface area (Å²) in [5.74, 6) is 1.37. The van der Waals surface area contributed by atoms with Gasteiger partial charge in [0.2, 0.25) is 0 Å². The van der Waals surface area contributed by atoms with E-state index in [4.69, 9.17) is 16.9 Å². The van der Waals surface area contributed by atoms with Gasteiger partial charge in [0.15, 0.2) is 0 Å². The highest BCUT2D eigenvalue weighted by atomic mass is 35.5. The van der Waals surface area contributed by atoms with Crippen LogP contribution in [0, 0.1) is 17.2 Å². The molecule has 1 saturated carbocycles. The summed E-state index contributed by atoms with van der Waals surface area (Å²) < 4.78 is 0. The molecule has 0 saturated heterocycles. The summed E-state index contributed by atoms with van der Waals surface area (Å²) in [6.07, 6.45) is 3.95. The predicted molar refractivity (Wildman–Crippen MR) is 59.8 cm³/mol. The van der Waals surface area contributed by atoms with E-state index in [-0.39, 0.29) is 0 Å². The summed E-state index contributed by atoms with van der Waals surface area (Å²) in [6.45, 7) is 2.17. The summed E-state index contributed by atoms with van der Waals surface area (Å²) in [6, 6.07) is 4.15. The normalized spacial score (nSPS) is 23.3. The van der Waals surface area contributed by atoms with Crippen molar-refractivity contribution in [1.29, 1.82) is 5.26 Å². The number of rotatable bonds is 3. The minimum Gasteiger partial charge on any atom is -0.366 e. The molecule has 1 aliphatic carbocycles. The average Bonchev–Trinajstić information content (AvgIpc) is 3.00. The Morgan fingerprint density at radius 3 is 3.13 bits per heavy atom. The van der Waals surface area contributed by atoms with Crippen LogP contribution in [0.15, 0.2) is 12.3 Å². The molecule has 0 amide bonds. The van der Waals surface area contributed by atoms with Gasteiger partial charge in [-0.3, -0.25) is 0 Å². The molecule has 4 heteroatoms. The highest BCUT2D eigenvalue weighted by Gasteiger charge is 2.35. The van der Waals surface area contributed by atoms with Crippen LogP contribution in [0.4, 0.5) is 5.82 Å². The molecule has 0 spiro atoms. The van der Waals surface area contributed by atoms with Crippen LogP contribution in [-0.2, 0) is 0 Å². The molecule has 2 rings (SSSR count). The number of pyridine rings is 1. The molecule has 1 heterocycles. The van der Waals surface area contributed by atoms with Gasteiger partial charge in [0, 0.05) is 12.2 Å². The van der Waals surface area contributed by atoms with Crippen LogP contribution < -0.4 is 5.32 Å². The zero-order chi connectivity index (χ0) is 10.8. The van der Waals surface area contributed by atoms with Gasteiger partial charge < -0.3 is 5.32 Å². The molecule has 2 unspecified atom stereocenters. The first-order valence-electron chi connectivity index (χ1n) is 5.07. The van der Waals surface area contributed by atoms with Crippen molar-refractivity contribution in [3.05, 3.63) is 22.8 Å². The standard InChI is InChI=1S/C11H12ClN3/c1-2-7-5-9(7)15-11-10(12)8(6-13)3-4-14-11/h3-4,7,9H,2,5H2,1H3,(H,14,15). The summed E-state index contributed by atoms with van der Waals surface area (Å²) in [7, 11) is 0. The van der Waals surface area contributed by atoms with E-state index in [1.54, 1.807) is 12.3 Å². The van der Waals surface area contributed by atoms with Gasteiger partial charge in [-0.1, -0.05) is 24.9 Å². The van der Waals surface area contributed by atoms with Crippen molar-refractivity contribution in [3.63, 3.8) is 0 Å². The van der Waals surface area contributed by atoms with Gasteiger partial charge >= 0.3 is 0 Å². The molecular formula is C11H12ClN3. The minimum atomic E-state index is 0.432. The fourth-order valence-electron chi connectivity index (χ4n) is 1.68. The Morgan fingerprint density at radius 2 is 2.53 bits per heavy atom. The predicted octanol–water partition coefficient (Wildman–Crippen LogP) is 2.82. The van der Waals surface area contributed by atoms with Crippen LogP contribution in [0.3, 0.4) is 0 Å². The van der Waals surface area contributed by atoms with Crippen molar-refractivity contribution in [1.82, 2.24) is 4.98 Å². The van der Waals surface area contributed by atoms with Gasteiger partial charge in [0.05, 0.1) is 5.56 Å². The van der Waals surface area contributed by atoms with Crippen LogP contribution in [-0.4, -0.2) is 11.0 Å². The first-order valence-corrected chi connectivity index (χ1v) is 5.45. The first-order chi connectivity index (χ1) is 7.26. The second-order valence-corrected chi connectivity index (χ2v) is 4.17. The zero-order valence-corrected chi connectivity index (χ0v) is 9.25. The van der Waals surface area contributed by atoms with Crippen LogP contribution in [0.5, 0.6) is 0 Å². The minimum absolute atomic E-state index is 0.432. The third-order valence-electron chi connectivity index (χ3n) is 2.78. The number of aromatic nitrogens is 1. The van der Waals surface area contributed by atoms with Crippen molar-refractivity contribution >= 4 is 17.4 Å². The Morgan fingerprint density at radius 1 is 1.73 bits per heavy atom. The van der Waals surface area contributed by atoms with E-state index < -0.39 is 0 Å². The third-order valence-corrected chi connectivity index (χ3v) is 3.16. The van der Waals surface area contributed by atoms with Gasteiger partial charge in [-0.05, 0) is 18.4 Å². The number of halogens is 1. The molecule has 1 aromatic heterocycles. The Kier molecular flexibility index (Phi) is 2.79. The molecule has 0 aromatic carbocycles. The number of hydrogen-bond acceptors (Lipinski definition) is 3. The van der Waals surface area contributed by atoms with Crippen molar-refractivity contribution < 1.29 is 0 Å². The number of nitrogens with one attached hydrogen (secondary N) is 1. The lowest BCUT2D eigenvalue weighted by molar-refractivity contribution is 0.773. The van der Waals surface area contributed by atoms with Crippen molar-refractivity contribution in [2.75, 3.05) is 5.32 Å². The number of nitrogens with zero attached hydrogens (tertiary/aromatic N) is 2. The van der Waals surface area contributed by atoms with E-state index in [1.165, 1.54) is 12.8 Å². The number of hydrogen-bond donors (Lipinski definition) is 1. The van der Waals surface area contributed by atoms with Gasteiger partial charge in [0.25, 0.3) is 0 Å². The second-order valence-electron chi connectivity index (χ2n) is 3.79. The topological polar surface area (TPSA) is 48.7 Å². The monoisotopic (exact) mass is 221 g/mol. The molecule has 1 fully saturated rings. The summed E-state index contributed by atoms with van der Waals surface area (Å²) >= 11 is 6.02. The lowest BCUT2D eigenvalue weighted by Gasteiger charge is -2.06. The molecule has 0 bridgehead atoms.